The Hall–Kier alpha value is -3.19. The summed E-state index contributed by atoms with van der Waals surface area (Å²) in [7, 11) is 0. The normalized spacial score (nSPS) is 11.6. The van der Waals surface area contributed by atoms with Crippen molar-refractivity contribution in [2.45, 2.75) is 0 Å². The van der Waals surface area contributed by atoms with E-state index < -0.39 is 0 Å². The van der Waals surface area contributed by atoms with Crippen LogP contribution in [0, 0.1) is 3.57 Å². The lowest BCUT2D eigenvalue weighted by Gasteiger charge is -2.02. The molecule has 5 heteroatoms. The summed E-state index contributed by atoms with van der Waals surface area (Å²) in [4.78, 5) is 9.14. The Kier molecular flexibility index (Phi) is 4.52. The number of oxazole rings is 1. The number of hydrogen-bond donors (Lipinski definition) is 1. The maximum atomic E-state index is 10.1. The second-order valence-electron chi connectivity index (χ2n) is 6.63. The minimum Gasteiger partial charge on any atom is -0.506 e. The first kappa shape index (κ1) is 17.9. The number of phenolic OH excluding ortho intramolecular Hbond substituents is 1. The quantitative estimate of drug-likeness (QED) is 0.226. The van der Waals surface area contributed by atoms with E-state index in [1.54, 1.807) is 6.21 Å². The second-order valence-corrected chi connectivity index (χ2v) is 7.80. The number of hydrogen-bond acceptors (Lipinski definition) is 4. The van der Waals surface area contributed by atoms with Crippen molar-refractivity contribution in [2.24, 2.45) is 4.99 Å². The van der Waals surface area contributed by atoms with Gasteiger partial charge in [-0.3, -0.25) is 4.99 Å². The highest BCUT2D eigenvalue weighted by Crippen LogP contribution is 2.32. The third-order valence-corrected chi connectivity index (χ3v) is 5.63. The number of nitrogens with zero attached hydrogens (tertiary/aromatic N) is 2. The molecule has 0 radical (unpaired) electrons. The molecule has 29 heavy (non-hydrogen) atoms. The van der Waals surface area contributed by atoms with Gasteiger partial charge in [0.25, 0.3) is 0 Å². The fraction of sp³-hybridized carbons (Fsp3) is 0. The molecule has 0 fully saturated rings. The van der Waals surface area contributed by atoms with Gasteiger partial charge in [-0.25, -0.2) is 4.98 Å². The Bertz CT molecular complexity index is 1380. The average Bonchev–Trinajstić information content (AvgIpc) is 3.17. The molecule has 0 aliphatic heterocycles. The number of benzene rings is 4. The second kappa shape index (κ2) is 7.33. The van der Waals surface area contributed by atoms with Gasteiger partial charge < -0.3 is 9.52 Å². The topological polar surface area (TPSA) is 58.6 Å². The van der Waals surface area contributed by atoms with Crippen molar-refractivity contribution in [3.8, 4) is 17.2 Å². The van der Waals surface area contributed by atoms with Crippen LogP contribution in [0.2, 0.25) is 0 Å². The predicted octanol–water partition coefficient (Wildman–Crippen LogP) is 6.71. The van der Waals surface area contributed by atoms with Gasteiger partial charge in [0.15, 0.2) is 5.58 Å². The smallest absolute Gasteiger partial charge is 0.227 e. The molecular formula is C24H15IN2O2. The summed E-state index contributed by atoms with van der Waals surface area (Å²) < 4.78 is 6.85. The Labute approximate surface area is 180 Å². The van der Waals surface area contributed by atoms with Crippen molar-refractivity contribution in [3.63, 3.8) is 0 Å². The number of rotatable bonds is 3. The van der Waals surface area contributed by atoms with Crippen LogP contribution < -0.4 is 0 Å². The highest BCUT2D eigenvalue weighted by molar-refractivity contribution is 14.1. The first-order valence-corrected chi connectivity index (χ1v) is 10.2. The maximum absolute atomic E-state index is 10.1. The molecular weight excluding hydrogens is 475 g/mol. The molecule has 4 nitrogen and oxygen atoms in total. The number of aromatic nitrogens is 1. The standard InChI is InChI=1S/C24H15IN2O2/c25-20-10-4-7-16(23(20)28)14-26-17-11-12-21-22(13-17)29-24(27-21)19-9-3-6-15-5-1-2-8-18(15)19/h1-14,28H. The molecule has 4 aromatic carbocycles. The van der Waals surface area contributed by atoms with Crippen LogP contribution >= 0.6 is 22.6 Å². The lowest BCUT2D eigenvalue weighted by molar-refractivity contribution is 0.470. The van der Waals surface area contributed by atoms with Gasteiger partial charge in [0, 0.05) is 23.4 Å². The molecule has 1 aromatic heterocycles. The molecule has 0 unspecified atom stereocenters. The van der Waals surface area contributed by atoms with Crippen LogP contribution in [0.4, 0.5) is 5.69 Å². The van der Waals surface area contributed by atoms with Gasteiger partial charge in [-0.2, -0.15) is 0 Å². The van der Waals surface area contributed by atoms with Gasteiger partial charge in [-0.15, -0.1) is 0 Å². The Balaban J connectivity index is 1.54. The molecule has 0 bridgehead atoms. The van der Waals surface area contributed by atoms with Crippen molar-refractivity contribution >= 4 is 56.4 Å². The zero-order valence-corrected chi connectivity index (χ0v) is 17.4. The summed E-state index contributed by atoms with van der Waals surface area (Å²) in [6, 6.07) is 25.5. The molecule has 0 saturated heterocycles. The van der Waals surface area contributed by atoms with Crippen LogP contribution in [0.5, 0.6) is 5.75 Å². The molecule has 0 spiro atoms. The van der Waals surface area contributed by atoms with Crippen LogP contribution in [0.15, 0.2) is 88.3 Å². The van der Waals surface area contributed by atoms with Gasteiger partial charge in [-0.05, 0) is 63.7 Å². The third-order valence-electron chi connectivity index (χ3n) is 4.76. The minimum atomic E-state index is 0.232. The van der Waals surface area contributed by atoms with Gasteiger partial charge in [0.05, 0.1) is 9.26 Å². The van der Waals surface area contributed by atoms with Crippen LogP contribution in [-0.4, -0.2) is 16.3 Å². The Morgan fingerprint density at radius 1 is 0.931 bits per heavy atom. The molecule has 0 atom stereocenters. The summed E-state index contributed by atoms with van der Waals surface area (Å²) in [5, 5.41) is 12.4. The van der Waals surface area contributed by atoms with Crippen LogP contribution in [-0.2, 0) is 0 Å². The average molecular weight is 490 g/mol. The van der Waals surface area contributed by atoms with Crippen molar-refractivity contribution < 1.29 is 9.52 Å². The Morgan fingerprint density at radius 2 is 1.76 bits per heavy atom. The van der Waals surface area contributed by atoms with E-state index >= 15 is 0 Å². The van der Waals surface area contributed by atoms with Crippen LogP contribution in [0.3, 0.4) is 0 Å². The van der Waals surface area contributed by atoms with Crippen LogP contribution in [0.1, 0.15) is 5.56 Å². The summed E-state index contributed by atoms with van der Waals surface area (Å²) in [5.74, 6) is 0.823. The lowest BCUT2D eigenvalue weighted by Crippen LogP contribution is -1.84. The van der Waals surface area contributed by atoms with Crippen molar-refractivity contribution in [1.82, 2.24) is 4.98 Å². The van der Waals surface area contributed by atoms with Gasteiger partial charge in [0.2, 0.25) is 5.89 Å². The van der Waals surface area contributed by atoms with Crippen molar-refractivity contribution in [1.29, 1.82) is 0 Å². The first-order valence-electron chi connectivity index (χ1n) is 9.09. The van der Waals surface area contributed by atoms with E-state index in [9.17, 15) is 5.11 Å². The predicted molar refractivity (Wildman–Crippen MR) is 125 cm³/mol. The molecule has 5 rings (SSSR count). The highest BCUT2D eigenvalue weighted by atomic mass is 127. The SMILES string of the molecule is Oc1c(I)cccc1C=Nc1ccc2nc(-c3cccc4ccccc34)oc2c1. The molecule has 0 saturated carbocycles. The number of aliphatic imine (C=N–C) groups is 1. The Morgan fingerprint density at radius 3 is 2.69 bits per heavy atom. The zero-order chi connectivity index (χ0) is 19.8. The van der Waals surface area contributed by atoms with Gasteiger partial charge in [-0.1, -0.05) is 42.5 Å². The van der Waals surface area contributed by atoms with E-state index in [4.69, 9.17) is 4.42 Å². The number of fused-ring (bicyclic) bond motifs is 2. The van der Waals surface area contributed by atoms with E-state index in [0.29, 0.717) is 17.0 Å². The first-order chi connectivity index (χ1) is 14.2. The molecule has 0 aliphatic rings. The minimum absolute atomic E-state index is 0.232. The highest BCUT2D eigenvalue weighted by Gasteiger charge is 2.11. The van der Waals surface area contributed by atoms with E-state index in [-0.39, 0.29) is 5.75 Å². The fourth-order valence-corrected chi connectivity index (χ4v) is 3.82. The number of para-hydroxylation sites is 1. The summed E-state index contributed by atoms with van der Waals surface area (Å²) in [6.45, 7) is 0. The summed E-state index contributed by atoms with van der Waals surface area (Å²) in [5.41, 5.74) is 3.83. The molecule has 140 valence electrons. The lowest BCUT2D eigenvalue weighted by atomic mass is 10.0. The molecule has 0 amide bonds. The van der Waals surface area contributed by atoms with E-state index in [0.717, 1.165) is 31.1 Å². The molecule has 0 aliphatic carbocycles. The molecule has 1 N–H and O–H groups in total. The molecule has 1 heterocycles. The van der Waals surface area contributed by atoms with Gasteiger partial charge in [0.1, 0.15) is 11.3 Å². The maximum Gasteiger partial charge on any atom is 0.227 e. The number of phenols is 1. The third kappa shape index (κ3) is 3.38. The van der Waals surface area contributed by atoms with Crippen molar-refractivity contribution in [3.05, 3.63) is 88.0 Å². The van der Waals surface area contributed by atoms with E-state index in [2.05, 4.69) is 50.8 Å². The van der Waals surface area contributed by atoms with Crippen molar-refractivity contribution in [2.75, 3.05) is 0 Å². The number of halogens is 1. The molecule has 5 aromatic rings. The summed E-state index contributed by atoms with van der Waals surface area (Å²) >= 11 is 2.09. The zero-order valence-electron chi connectivity index (χ0n) is 15.2. The fourth-order valence-electron chi connectivity index (χ4n) is 3.30. The monoisotopic (exact) mass is 490 g/mol. The van der Waals surface area contributed by atoms with Gasteiger partial charge >= 0.3 is 0 Å². The largest absolute Gasteiger partial charge is 0.506 e. The van der Waals surface area contributed by atoms with E-state index in [1.165, 1.54) is 0 Å². The summed E-state index contributed by atoms with van der Waals surface area (Å²) in [6.07, 6.45) is 1.65. The van der Waals surface area contributed by atoms with E-state index in [1.807, 2.05) is 60.7 Å². The van der Waals surface area contributed by atoms with Crippen LogP contribution in [0.25, 0.3) is 33.3 Å². The number of aromatic hydroxyl groups is 1.